The Kier molecular flexibility index (Phi) is 10.8. The van der Waals surface area contributed by atoms with Gasteiger partial charge in [0.2, 0.25) is 5.91 Å². The molecule has 0 unspecified atom stereocenters. The van der Waals surface area contributed by atoms with Crippen LogP contribution < -0.4 is 14.8 Å². The first-order chi connectivity index (χ1) is 21.2. The molecule has 0 saturated carbocycles. The van der Waals surface area contributed by atoms with Crippen LogP contribution >= 0.6 is 0 Å². The lowest BCUT2D eigenvalue weighted by Gasteiger charge is -2.11. The second-order valence-corrected chi connectivity index (χ2v) is 10.8. The summed E-state index contributed by atoms with van der Waals surface area (Å²) < 4.78 is 13.5. The molecule has 5 aromatic rings. The van der Waals surface area contributed by atoms with E-state index in [1.807, 2.05) is 60.7 Å². The first-order valence-electron chi connectivity index (χ1n) is 15.3. The van der Waals surface area contributed by atoms with Crippen LogP contribution in [0.4, 0.5) is 0 Å². The first kappa shape index (κ1) is 29.9. The SMILES string of the molecule is COc1ccc(OCCCCn2c(CCCCCNC(=O)Cc3ccc(-c4ccccc4)cc3)nc3ccccc32)cc1. The number of aromatic nitrogens is 2. The average Bonchev–Trinajstić information content (AvgIpc) is 3.40. The Labute approximate surface area is 254 Å². The van der Waals surface area contributed by atoms with Gasteiger partial charge in [0.1, 0.15) is 17.3 Å². The van der Waals surface area contributed by atoms with Gasteiger partial charge < -0.3 is 19.4 Å². The molecular weight excluding hydrogens is 534 g/mol. The maximum absolute atomic E-state index is 12.5. The Morgan fingerprint density at radius 3 is 2.26 bits per heavy atom. The fraction of sp³-hybridized carbons (Fsp3) is 0.297. The molecule has 222 valence electrons. The number of carbonyl (C=O) groups excluding carboxylic acids is 1. The summed E-state index contributed by atoms with van der Waals surface area (Å²) in [5.41, 5.74) is 5.62. The summed E-state index contributed by atoms with van der Waals surface area (Å²) in [6, 6.07) is 34.6. The molecule has 0 atom stereocenters. The Morgan fingerprint density at radius 2 is 1.47 bits per heavy atom. The van der Waals surface area contributed by atoms with E-state index in [0.717, 1.165) is 79.0 Å². The number of nitrogens with one attached hydrogen (secondary N) is 1. The van der Waals surface area contributed by atoms with E-state index in [2.05, 4.69) is 52.3 Å². The Balaban J connectivity index is 1.01. The van der Waals surface area contributed by atoms with E-state index in [1.54, 1.807) is 7.11 Å². The third kappa shape index (κ3) is 8.71. The summed E-state index contributed by atoms with van der Waals surface area (Å²) >= 11 is 0. The Morgan fingerprint density at radius 1 is 0.744 bits per heavy atom. The van der Waals surface area contributed by atoms with Crippen LogP contribution in [0, 0.1) is 0 Å². The van der Waals surface area contributed by atoms with Crippen LogP contribution in [0.15, 0.2) is 103 Å². The molecule has 0 radical (unpaired) electrons. The normalized spacial score (nSPS) is 11.0. The minimum Gasteiger partial charge on any atom is -0.497 e. The number of ether oxygens (including phenoxy) is 2. The van der Waals surface area contributed by atoms with Gasteiger partial charge in [0, 0.05) is 19.5 Å². The maximum atomic E-state index is 12.5. The van der Waals surface area contributed by atoms with E-state index in [4.69, 9.17) is 14.5 Å². The number of benzene rings is 4. The lowest BCUT2D eigenvalue weighted by atomic mass is 10.0. The number of rotatable bonds is 16. The van der Waals surface area contributed by atoms with Gasteiger partial charge in [-0.25, -0.2) is 4.98 Å². The minimum atomic E-state index is 0.0743. The molecule has 0 spiro atoms. The molecule has 6 nitrogen and oxygen atoms in total. The number of amides is 1. The van der Waals surface area contributed by atoms with Crippen molar-refractivity contribution in [2.24, 2.45) is 0 Å². The predicted octanol–water partition coefficient (Wildman–Crippen LogP) is 7.64. The van der Waals surface area contributed by atoms with E-state index in [9.17, 15) is 4.79 Å². The summed E-state index contributed by atoms with van der Waals surface area (Å²) in [5, 5.41) is 3.09. The average molecular weight is 576 g/mol. The van der Waals surface area contributed by atoms with Crippen molar-refractivity contribution in [2.75, 3.05) is 20.3 Å². The van der Waals surface area contributed by atoms with Crippen LogP contribution in [0.3, 0.4) is 0 Å². The van der Waals surface area contributed by atoms with Gasteiger partial charge in [-0.2, -0.15) is 0 Å². The number of imidazole rings is 1. The van der Waals surface area contributed by atoms with Crippen LogP contribution in [0.25, 0.3) is 22.2 Å². The van der Waals surface area contributed by atoms with E-state index in [-0.39, 0.29) is 5.91 Å². The van der Waals surface area contributed by atoms with Gasteiger partial charge in [-0.15, -0.1) is 0 Å². The van der Waals surface area contributed by atoms with Crippen molar-refractivity contribution in [1.82, 2.24) is 14.9 Å². The van der Waals surface area contributed by atoms with E-state index in [0.29, 0.717) is 19.6 Å². The summed E-state index contributed by atoms with van der Waals surface area (Å²) in [6.07, 6.45) is 6.37. The Hall–Kier alpha value is -4.58. The van der Waals surface area contributed by atoms with E-state index >= 15 is 0 Å². The standard InChI is InChI=1S/C37H41N3O3/c1-42-32-21-23-33(24-22-32)43-27-11-10-26-40-35-15-8-7-14-34(35)39-36(40)16-6-3-9-25-38-37(41)28-29-17-19-31(20-18-29)30-12-4-2-5-13-30/h2,4-5,7-8,12-15,17-24H,3,6,9-11,16,25-28H2,1H3,(H,38,41). The highest BCUT2D eigenvalue weighted by molar-refractivity contribution is 5.79. The van der Waals surface area contributed by atoms with E-state index in [1.165, 1.54) is 11.1 Å². The quantitative estimate of drug-likeness (QED) is 0.123. The lowest BCUT2D eigenvalue weighted by Crippen LogP contribution is -2.26. The molecule has 43 heavy (non-hydrogen) atoms. The van der Waals surface area contributed by atoms with Gasteiger partial charge in [0.05, 0.1) is 31.2 Å². The number of nitrogens with zero attached hydrogens (tertiary/aromatic N) is 2. The zero-order valence-electron chi connectivity index (χ0n) is 25.0. The highest BCUT2D eigenvalue weighted by Crippen LogP contribution is 2.21. The molecule has 0 bridgehead atoms. The van der Waals surface area contributed by atoms with Gasteiger partial charge in [0.25, 0.3) is 0 Å². The molecule has 5 rings (SSSR count). The number of carbonyl (C=O) groups is 1. The van der Waals surface area contributed by atoms with Crippen LogP contribution in [0.1, 0.15) is 43.5 Å². The van der Waals surface area contributed by atoms with Gasteiger partial charge in [-0.1, -0.05) is 73.2 Å². The molecule has 0 aliphatic heterocycles. The van der Waals surface area contributed by atoms with Crippen molar-refractivity contribution in [3.05, 3.63) is 115 Å². The van der Waals surface area contributed by atoms with Crippen molar-refractivity contribution in [3.63, 3.8) is 0 Å². The topological polar surface area (TPSA) is 65.4 Å². The fourth-order valence-corrected chi connectivity index (χ4v) is 5.31. The number of para-hydroxylation sites is 2. The van der Waals surface area contributed by atoms with Crippen LogP contribution in [-0.4, -0.2) is 35.7 Å². The van der Waals surface area contributed by atoms with Crippen LogP contribution in [0.5, 0.6) is 11.5 Å². The summed E-state index contributed by atoms with van der Waals surface area (Å²) in [5.74, 6) is 2.91. The van der Waals surface area contributed by atoms with Gasteiger partial charge in [-0.05, 0) is 78.8 Å². The second-order valence-electron chi connectivity index (χ2n) is 10.8. The van der Waals surface area contributed by atoms with Gasteiger partial charge in [0.15, 0.2) is 0 Å². The van der Waals surface area contributed by atoms with Gasteiger partial charge in [-0.3, -0.25) is 4.79 Å². The highest BCUT2D eigenvalue weighted by atomic mass is 16.5. The fourth-order valence-electron chi connectivity index (χ4n) is 5.31. The molecular formula is C37H41N3O3. The number of aryl methyl sites for hydroxylation is 2. The maximum Gasteiger partial charge on any atom is 0.224 e. The number of methoxy groups -OCH3 is 1. The summed E-state index contributed by atoms with van der Waals surface area (Å²) in [6.45, 7) is 2.30. The molecule has 1 N–H and O–H groups in total. The zero-order chi connectivity index (χ0) is 29.7. The van der Waals surface area contributed by atoms with Crippen molar-refractivity contribution < 1.29 is 14.3 Å². The van der Waals surface area contributed by atoms with Crippen LogP contribution in [0.2, 0.25) is 0 Å². The number of hydrogen-bond donors (Lipinski definition) is 1. The molecule has 1 amide bonds. The van der Waals surface area contributed by atoms with Crippen molar-refractivity contribution in [1.29, 1.82) is 0 Å². The predicted molar refractivity (Wildman–Crippen MR) is 174 cm³/mol. The summed E-state index contributed by atoms with van der Waals surface area (Å²) in [4.78, 5) is 17.4. The molecule has 4 aromatic carbocycles. The first-order valence-corrected chi connectivity index (χ1v) is 15.3. The second kappa shape index (κ2) is 15.6. The Bertz CT molecular complexity index is 1560. The molecule has 0 fully saturated rings. The smallest absolute Gasteiger partial charge is 0.224 e. The third-order valence-corrected chi connectivity index (χ3v) is 7.66. The highest BCUT2D eigenvalue weighted by Gasteiger charge is 2.10. The van der Waals surface area contributed by atoms with Crippen molar-refractivity contribution in [2.45, 2.75) is 51.5 Å². The van der Waals surface area contributed by atoms with Gasteiger partial charge >= 0.3 is 0 Å². The lowest BCUT2D eigenvalue weighted by molar-refractivity contribution is -0.120. The largest absolute Gasteiger partial charge is 0.497 e. The molecule has 6 heteroatoms. The zero-order valence-corrected chi connectivity index (χ0v) is 25.0. The van der Waals surface area contributed by atoms with E-state index < -0.39 is 0 Å². The van der Waals surface area contributed by atoms with Crippen LogP contribution in [-0.2, 0) is 24.2 Å². The molecule has 0 aliphatic carbocycles. The number of unbranched alkanes of at least 4 members (excludes halogenated alkanes) is 3. The molecule has 0 saturated heterocycles. The third-order valence-electron chi connectivity index (χ3n) is 7.66. The van der Waals surface area contributed by atoms with Crippen molar-refractivity contribution >= 4 is 16.9 Å². The number of fused-ring (bicyclic) bond motifs is 1. The van der Waals surface area contributed by atoms with Crippen molar-refractivity contribution in [3.8, 4) is 22.6 Å². The molecule has 1 aromatic heterocycles. The summed E-state index contributed by atoms with van der Waals surface area (Å²) in [7, 11) is 1.67. The monoisotopic (exact) mass is 575 g/mol. The molecule has 0 aliphatic rings. The molecule has 1 heterocycles. The number of hydrogen-bond acceptors (Lipinski definition) is 4. The minimum absolute atomic E-state index is 0.0743.